The largest absolute Gasteiger partial charge is 0.494 e. The van der Waals surface area contributed by atoms with Gasteiger partial charge in [0.1, 0.15) is 11.5 Å². The van der Waals surface area contributed by atoms with Gasteiger partial charge in [0.15, 0.2) is 6.61 Å². The molecule has 0 aliphatic rings. The molecule has 1 aromatic rings. The lowest BCUT2D eigenvalue weighted by Crippen LogP contribution is -2.29. The first-order valence-electron chi connectivity index (χ1n) is 5.57. The summed E-state index contributed by atoms with van der Waals surface area (Å²) in [5, 5.41) is 2.65. The van der Waals surface area contributed by atoms with Crippen molar-refractivity contribution < 1.29 is 14.3 Å². The molecule has 0 atom stereocenters. The van der Waals surface area contributed by atoms with Crippen molar-refractivity contribution in [3.8, 4) is 11.5 Å². The predicted molar refractivity (Wildman–Crippen MR) is 74.2 cm³/mol. The lowest BCUT2D eigenvalue weighted by atomic mass is 10.3. The minimum absolute atomic E-state index is 0.0196. The monoisotopic (exact) mass is 313 g/mol. The SMILES string of the molecule is C=C(Br)CNC(=O)COc1ccc(OCC)cc1. The zero-order valence-electron chi connectivity index (χ0n) is 10.2. The fraction of sp³-hybridized carbons (Fsp3) is 0.308. The molecule has 18 heavy (non-hydrogen) atoms. The Morgan fingerprint density at radius 2 is 1.83 bits per heavy atom. The molecule has 1 aromatic carbocycles. The first-order valence-corrected chi connectivity index (χ1v) is 6.36. The van der Waals surface area contributed by atoms with Gasteiger partial charge in [-0.1, -0.05) is 22.5 Å². The molecular formula is C13H16BrNO3. The Kier molecular flexibility index (Phi) is 6.28. The van der Waals surface area contributed by atoms with Gasteiger partial charge in [0.25, 0.3) is 5.91 Å². The number of halogens is 1. The summed E-state index contributed by atoms with van der Waals surface area (Å²) in [6, 6.07) is 7.14. The lowest BCUT2D eigenvalue weighted by molar-refractivity contribution is -0.122. The van der Waals surface area contributed by atoms with Crippen molar-refractivity contribution in [2.24, 2.45) is 0 Å². The summed E-state index contributed by atoms with van der Waals surface area (Å²) in [5.74, 6) is 1.22. The highest BCUT2D eigenvalue weighted by atomic mass is 79.9. The van der Waals surface area contributed by atoms with Crippen LogP contribution in [0.25, 0.3) is 0 Å². The number of hydrogen-bond donors (Lipinski definition) is 1. The molecule has 0 aromatic heterocycles. The molecule has 0 bridgehead atoms. The van der Waals surface area contributed by atoms with Gasteiger partial charge < -0.3 is 14.8 Å². The number of carbonyl (C=O) groups excluding carboxylic acids is 1. The molecule has 4 nitrogen and oxygen atoms in total. The van der Waals surface area contributed by atoms with Crippen LogP contribution in [0.3, 0.4) is 0 Å². The van der Waals surface area contributed by atoms with Crippen molar-refractivity contribution >= 4 is 21.8 Å². The molecule has 0 fully saturated rings. The second-order valence-electron chi connectivity index (χ2n) is 3.49. The second-order valence-corrected chi connectivity index (χ2v) is 4.61. The minimum atomic E-state index is -0.190. The fourth-order valence-electron chi connectivity index (χ4n) is 1.19. The number of ether oxygens (including phenoxy) is 2. The Morgan fingerprint density at radius 3 is 2.33 bits per heavy atom. The maximum Gasteiger partial charge on any atom is 0.258 e. The molecule has 1 rings (SSSR count). The first kappa shape index (κ1) is 14.6. The molecule has 0 unspecified atom stereocenters. The molecule has 0 aliphatic heterocycles. The summed E-state index contributed by atoms with van der Waals surface area (Å²) in [7, 11) is 0. The van der Waals surface area contributed by atoms with Crippen LogP contribution >= 0.6 is 15.9 Å². The average Bonchev–Trinajstić information content (AvgIpc) is 2.36. The summed E-state index contributed by atoms with van der Waals surface area (Å²) in [6.45, 7) is 6.54. The predicted octanol–water partition coefficient (Wildman–Crippen LogP) is 2.49. The van der Waals surface area contributed by atoms with Gasteiger partial charge in [-0.05, 0) is 31.2 Å². The van der Waals surface area contributed by atoms with Crippen LogP contribution in [0.5, 0.6) is 11.5 Å². The van der Waals surface area contributed by atoms with Gasteiger partial charge in [-0.3, -0.25) is 4.79 Å². The molecular weight excluding hydrogens is 298 g/mol. The topological polar surface area (TPSA) is 47.6 Å². The van der Waals surface area contributed by atoms with E-state index in [1.165, 1.54) is 0 Å². The third-order valence-electron chi connectivity index (χ3n) is 1.98. The molecule has 0 aliphatic carbocycles. The van der Waals surface area contributed by atoms with E-state index in [0.717, 1.165) is 10.2 Å². The Balaban J connectivity index is 2.34. The molecule has 1 N–H and O–H groups in total. The smallest absolute Gasteiger partial charge is 0.258 e. The molecule has 1 amide bonds. The van der Waals surface area contributed by atoms with Gasteiger partial charge in [-0.2, -0.15) is 0 Å². The quantitative estimate of drug-likeness (QED) is 0.841. The van der Waals surface area contributed by atoms with Gasteiger partial charge in [-0.15, -0.1) is 0 Å². The summed E-state index contributed by atoms with van der Waals surface area (Å²) < 4.78 is 11.3. The molecule has 5 heteroatoms. The van der Waals surface area contributed by atoms with E-state index in [4.69, 9.17) is 9.47 Å². The Hall–Kier alpha value is -1.49. The van der Waals surface area contributed by atoms with Crippen LogP contribution in [0.4, 0.5) is 0 Å². The third kappa shape index (κ3) is 5.72. The van der Waals surface area contributed by atoms with E-state index in [1.807, 2.05) is 6.92 Å². The van der Waals surface area contributed by atoms with Crippen LogP contribution in [0.2, 0.25) is 0 Å². The minimum Gasteiger partial charge on any atom is -0.494 e. The van der Waals surface area contributed by atoms with Crippen LogP contribution in [-0.4, -0.2) is 25.7 Å². The number of hydrogen-bond acceptors (Lipinski definition) is 3. The maximum absolute atomic E-state index is 11.4. The van der Waals surface area contributed by atoms with Gasteiger partial charge in [0, 0.05) is 11.0 Å². The highest BCUT2D eigenvalue weighted by Gasteiger charge is 2.02. The van der Waals surface area contributed by atoms with Crippen LogP contribution in [0, 0.1) is 0 Å². The normalized spacial score (nSPS) is 9.67. The van der Waals surface area contributed by atoms with Gasteiger partial charge in [-0.25, -0.2) is 0 Å². The van der Waals surface area contributed by atoms with Crippen molar-refractivity contribution in [2.45, 2.75) is 6.92 Å². The van der Waals surface area contributed by atoms with E-state index in [9.17, 15) is 4.79 Å². The molecule has 0 saturated carbocycles. The van der Waals surface area contributed by atoms with E-state index in [2.05, 4.69) is 27.8 Å². The zero-order chi connectivity index (χ0) is 13.4. The van der Waals surface area contributed by atoms with Crippen molar-refractivity contribution in [1.29, 1.82) is 0 Å². The van der Waals surface area contributed by atoms with E-state index < -0.39 is 0 Å². The lowest BCUT2D eigenvalue weighted by Gasteiger charge is -2.08. The van der Waals surface area contributed by atoms with Crippen LogP contribution in [-0.2, 0) is 4.79 Å². The third-order valence-corrected chi connectivity index (χ3v) is 2.26. The summed E-state index contributed by atoms with van der Waals surface area (Å²) in [5.41, 5.74) is 0. The van der Waals surface area contributed by atoms with Gasteiger partial charge in [0.05, 0.1) is 6.61 Å². The summed E-state index contributed by atoms with van der Waals surface area (Å²) >= 11 is 3.16. The number of carbonyl (C=O) groups is 1. The van der Waals surface area contributed by atoms with Crippen LogP contribution in [0.1, 0.15) is 6.92 Å². The first-order chi connectivity index (χ1) is 8.61. The van der Waals surface area contributed by atoms with E-state index in [-0.39, 0.29) is 12.5 Å². The standard InChI is InChI=1S/C13H16BrNO3/c1-3-17-11-4-6-12(7-5-11)18-9-13(16)15-8-10(2)14/h4-7H,2-3,8-9H2,1H3,(H,15,16). The summed E-state index contributed by atoms with van der Waals surface area (Å²) in [6.07, 6.45) is 0. The highest BCUT2D eigenvalue weighted by molar-refractivity contribution is 9.11. The number of rotatable bonds is 7. The molecule has 0 spiro atoms. The van der Waals surface area contributed by atoms with Crippen LogP contribution < -0.4 is 14.8 Å². The number of nitrogens with one attached hydrogen (secondary N) is 1. The zero-order valence-corrected chi connectivity index (χ0v) is 11.8. The Labute approximate surface area is 115 Å². The number of amides is 1. The summed E-state index contributed by atoms with van der Waals surface area (Å²) in [4.78, 5) is 11.4. The van der Waals surface area contributed by atoms with E-state index in [1.54, 1.807) is 24.3 Å². The Morgan fingerprint density at radius 1 is 1.28 bits per heavy atom. The molecule has 0 radical (unpaired) electrons. The molecule has 0 saturated heterocycles. The second kappa shape index (κ2) is 7.76. The van der Waals surface area contributed by atoms with Crippen molar-refractivity contribution in [3.63, 3.8) is 0 Å². The molecule has 0 heterocycles. The van der Waals surface area contributed by atoms with E-state index >= 15 is 0 Å². The highest BCUT2D eigenvalue weighted by Crippen LogP contribution is 2.17. The molecule has 98 valence electrons. The van der Waals surface area contributed by atoms with E-state index in [0.29, 0.717) is 18.9 Å². The van der Waals surface area contributed by atoms with Gasteiger partial charge >= 0.3 is 0 Å². The van der Waals surface area contributed by atoms with Crippen molar-refractivity contribution in [2.75, 3.05) is 19.8 Å². The fourth-order valence-corrected chi connectivity index (χ4v) is 1.33. The Bertz CT molecular complexity index is 403. The van der Waals surface area contributed by atoms with Gasteiger partial charge in [0.2, 0.25) is 0 Å². The van der Waals surface area contributed by atoms with Crippen molar-refractivity contribution in [1.82, 2.24) is 5.32 Å². The number of benzene rings is 1. The van der Waals surface area contributed by atoms with Crippen LogP contribution in [0.15, 0.2) is 35.3 Å². The van der Waals surface area contributed by atoms with Crippen molar-refractivity contribution in [3.05, 3.63) is 35.3 Å². The maximum atomic E-state index is 11.4. The average molecular weight is 314 g/mol.